The minimum absolute atomic E-state index is 0.0131. The Morgan fingerprint density at radius 2 is 1.65 bits per heavy atom. The zero-order valence-electron chi connectivity index (χ0n) is 35.6. The number of aliphatic hydroxyl groups excluding tert-OH is 1. The number of carbonyl (C=O) groups excluding carboxylic acids is 2. The first kappa shape index (κ1) is 42.1. The van der Waals surface area contributed by atoms with Gasteiger partial charge in [-0.2, -0.15) is 0 Å². The van der Waals surface area contributed by atoms with Crippen LogP contribution in [0.2, 0.25) is 5.02 Å². The average molecular weight is 806 g/mol. The number of rotatable bonds is 10. The number of Topliss-reactive ketones (excluding diaryl/α,β-unsaturated/α-hetero) is 1. The number of hydrogen-bond acceptors (Lipinski definition) is 8. The first-order valence-electron chi connectivity index (χ1n) is 21.4. The van der Waals surface area contributed by atoms with Gasteiger partial charge in [0.25, 0.3) is 0 Å². The van der Waals surface area contributed by atoms with E-state index >= 15 is 0 Å². The van der Waals surface area contributed by atoms with E-state index in [1.165, 1.54) is 5.57 Å². The molecule has 0 saturated heterocycles. The minimum Gasteiger partial charge on any atom is -0.481 e. The summed E-state index contributed by atoms with van der Waals surface area (Å²) in [6.07, 6.45) is 6.09. The number of esters is 1. The maximum atomic E-state index is 14.4. The van der Waals surface area contributed by atoms with Gasteiger partial charge in [-0.1, -0.05) is 60.1 Å². The fourth-order valence-electron chi connectivity index (χ4n) is 13.8. The number of ether oxygens (including phenoxy) is 1. The third-order valence-corrected chi connectivity index (χ3v) is 17.1. The Hall–Kier alpha value is -3.08. The molecule has 312 valence electrons. The SMILES string of the molecule is CC(C)C1=C2[C@H]3CCC4[C@@]5(C)CC[C@H](OC(=O)CC(C)(C)C(=O)O)C(C)(C)[C@@H]5CC[C@@]4(C)[C@]3(C)CC[C@@]2([C@H](O)c2nnc(-c3ccc(Cl)cc3)n2CCN)CC1=O. The van der Waals surface area contributed by atoms with Gasteiger partial charge in [0.15, 0.2) is 17.4 Å². The van der Waals surface area contributed by atoms with Crippen LogP contribution >= 0.6 is 11.6 Å². The van der Waals surface area contributed by atoms with Crippen LogP contribution in [0.3, 0.4) is 0 Å². The van der Waals surface area contributed by atoms with Gasteiger partial charge in [-0.25, -0.2) is 0 Å². The van der Waals surface area contributed by atoms with E-state index in [0.717, 1.165) is 56.1 Å². The Labute approximate surface area is 343 Å². The molecule has 11 heteroatoms. The molecule has 0 bridgehead atoms. The van der Waals surface area contributed by atoms with E-state index in [2.05, 4.69) is 58.7 Å². The molecule has 4 saturated carbocycles. The normalized spacial score (nSPS) is 35.3. The molecule has 1 aromatic carbocycles. The second-order valence-corrected chi connectivity index (χ2v) is 21.2. The highest BCUT2D eigenvalue weighted by Crippen LogP contribution is 2.77. The highest BCUT2D eigenvalue weighted by atomic mass is 35.5. The summed E-state index contributed by atoms with van der Waals surface area (Å²) >= 11 is 6.22. The standard InChI is InChI=1S/C46H65ClN4O6/c1-26(2)35-30(52)24-46(37(54)39-50-49-38(51(39)23-22-48)27-10-12-28(47)13-11-27)21-20-44(8)29(36(35)46)14-15-32-43(7)18-17-33(57-34(53)25-41(3,4)40(55)56)42(5,6)31(43)16-19-45(32,44)9/h10-13,26,29,31-33,37,54H,14-25,48H2,1-9H3,(H,55,56)/t29-,31+,32?,33+,37-,43+,44-,45-,46-/m1/s1. The van der Waals surface area contributed by atoms with Gasteiger partial charge in [0.05, 0.1) is 11.8 Å². The van der Waals surface area contributed by atoms with Gasteiger partial charge in [0, 0.05) is 40.9 Å². The van der Waals surface area contributed by atoms with Crippen LogP contribution in [-0.4, -0.2) is 55.3 Å². The van der Waals surface area contributed by atoms with Gasteiger partial charge < -0.3 is 25.3 Å². The molecule has 0 spiro atoms. The summed E-state index contributed by atoms with van der Waals surface area (Å²) in [5.74, 6) is 0.707. The fraction of sp³-hybridized carbons (Fsp3) is 0.717. The summed E-state index contributed by atoms with van der Waals surface area (Å²) in [5, 5.41) is 32.3. The molecule has 0 amide bonds. The summed E-state index contributed by atoms with van der Waals surface area (Å²) in [6, 6.07) is 7.44. The van der Waals surface area contributed by atoms with E-state index in [0.29, 0.717) is 48.0 Å². The maximum Gasteiger partial charge on any atom is 0.309 e. The van der Waals surface area contributed by atoms with E-state index in [-0.39, 0.29) is 58.2 Å². The van der Waals surface area contributed by atoms with Crippen LogP contribution in [0.5, 0.6) is 0 Å². The second-order valence-electron chi connectivity index (χ2n) is 20.8. The Morgan fingerprint density at radius 1 is 0.965 bits per heavy atom. The number of ketones is 1. The lowest BCUT2D eigenvalue weighted by molar-refractivity contribution is -0.235. The lowest BCUT2D eigenvalue weighted by Gasteiger charge is -2.72. The first-order chi connectivity index (χ1) is 26.6. The molecule has 4 fully saturated rings. The van der Waals surface area contributed by atoms with Crippen molar-refractivity contribution in [3.63, 3.8) is 0 Å². The number of carboxylic acids is 1. The van der Waals surface area contributed by atoms with Gasteiger partial charge in [-0.3, -0.25) is 14.4 Å². The monoisotopic (exact) mass is 804 g/mol. The number of aliphatic hydroxyl groups is 1. The number of halogens is 1. The number of carbonyl (C=O) groups is 3. The fourth-order valence-corrected chi connectivity index (χ4v) is 13.9. The molecule has 4 N–H and O–H groups in total. The summed E-state index contributed by atoms with van der Waals surface area (Å²) in [7, 11) is 0. The van der Waals surface area contributed by atoms with Crippen molar-refractivity contribution in [1.82, 2.24) is 14.8 Å². The lowest BCUT2D eigenvalue weighted by Crippen LogP contribution is -2.66. The number of hydrogen-bond donors (Lipinski definition) is 3. The zero-order valence-corrected chi connectivity index (χ0v) is 36.3. The summed E-state index contributed by atoms with van der Waals surface area (Å²) in [6.45, 7) is 20.2. The Kier molecular flexibility index (Phi) is 10.5. The number of carboxylic acid groups (broad SMARTS) is 1. The Balaban J connectivity index is 1.22. The smallest absolute Gasteiger partial charge is 0.309 e. The maximum absolute atomic E-state index is 14.4. The highest BCUT2D eigenvalue weighted by molar-refractivity contribution is 6.30. The molecule has 0 radical (unpaired) electrons. The van der Waals surface area contributed by atoms with Crippen molar-refractivity contribution in [2.45, 2.75) is 145 Å². The van der Waals surface area contributed by atoms with Crippen molar-refractivity contribution in [2.24, 2.45) is 61.9 Å². The molecule has 9 atom stereocenters. The minimum atomic E-state index is -1.18. The van der Waals surface area contributed by atoms with Crippen LogP contribution in [0.25, 0.3) is 11.4 Å². The van der Waals surface area contributed by atoms with Crippen molar-refractivity contribution >= 4 is 29.3 Å². The van der Waals surface area contributed by atoms with Crippen molar-refractivity contribution in [3.05, 3.63) is 46.3 Å². The number of aliphatic carboxylic acids is 1. The van der Waals surface area contributed by atoms with Gasteiger partial charge in [-0.15, -0.1) is 10.2 Å². The van der Waals surface area contributed by atoms with Crippen LogP contribution in [-0.2, 0) is 25.7 Å². The van der Waals surface area contributed by atoms with Crippen LogP contribution < -0.4 is 5.73 Å². The molecule has 5 aliphatic rings. The number of fused-ring (bicyclic) bond motifs is 7. The van der Waals surface area contributed by atoms with Crippen molar-refractivity contribution < 1.29 is 29.3 Å². The highest BCUT2D eigenvalue weighted by Gasteiger charge is 2.71. The second kappa shape index (κ2) is 14.3. The molecule has 1 aromatic heterocycles. The number of nitrogens with zero attached hydrogens (tertiary/aromatic N) is 3. The molecular weight excluding hydrogens is 740 g/mol. The zero-order chi connectivity index (χ0) is 41.7. The molecule has 2 aromatic rings. The molecule has 1 heterocycles. The van der Waals surface area contributed by atoms with E-state index < -0.39 is 28.9 Å². The lowest BCUT2D eigenvalue weighted by atomic mass is 9.33. The predicted molar refractivity (Wildman–Crippen MR) is 220 cm³/mol. The molecule has 1 unspecified atom stereocenters. The number of benzene rings is 1. The van der Waals surface area contributed by atoms with Gasteiger partial charge in [0.2, 0.25) is 0 Å². The number of allylic oxidation sites excluding steroid dienone is 1. The van der Waals surface area contributed by atoms with Gasteiger partial charge >= 0.3 is 11.9 Å². The molecule has 57 heavy (non-hydrogen) atoms. The summed E-state index contributed by atoms with van der Waals surface area (Å²) in [4.78, 5) is 39.3. The third-order valence-electron chi connectivity index (χ3n) is 16.9. The predicted octanol–water partition coefficient (Wildman–Crippen LogP) is 8.98. The third kappa shape index (κ3) is 6.27. The van der Waals surface area contributed by atoms with Crippen LogP contribution in [0, 0.1) is 56.2 Å². The molecule has 0 aliphatic heterocycles. The largest absolute Gasteiger partial charge is 0.481 e. The number of aromatic nitrogens is 3. The Bertz CT molecular complexity index is 1970. The van der Waals surface area contributed by atoms with Crippen molar-refractivity contribution in [3.8, 4) is 11.4 Å². The number of nitrogens with two attached hydrogens (primary N) is 1. The molecule has 5 aliphatic carbocycles. The molecule has 10 nitrogen and oxygen atoms in total. The summed E-state index contributed by atoms with van der Waals surface area (Å²) in [5.41, 5.74) is 6.71. The van der Waals surface area contributed by atoms with Gasteiger partial charge in [0.1, 0.15) is 12.2 Å². The topological polar surface area (TPSA) is 158 Å². The van der Waals surface area contributed by atoms with Crippen LogP contribution in [0.1, 0.15) is 138 Å². The Morgan fingerprint density at radius 3 is 2.28 bits per heavy atom. The van der Waals surface area contributed by atoms with Crippen molar-refractivity contribution in [1.29, 1.82) is 0 Å². The summed E-state index contributed by atoms with van der Waals surface area (Å²) < 4.78 is 8.12. The van der Waals surface area contributed by atoms with E-state index in [1.807, 2.05) is 28.8 Å². The van der Waals surface area contributed by atoms with Crippen LogP contribution in [0.4, 0.5) is 0 Å². The average Bonchev–Trinajstić information content (AvgIpc) is 3.68. The van der Waals surface area contributed by atoms with E-state index in [1.54, 1.807) is 13.8 Å². The molecule has 7 rings (SSSR count). The first-order valence-corrected chi connectivity index (χ1v) is 21.7. The quantitative estimate of drug-likeness (QED) is 0.199. The van der Waals surface area contributed by atoms with Crippen LogP contribution in [0.15, 0.2) is 35.4 Å². The van der Waals surface area contributed by atoms with Crippen molar-refractivity contribution in [2.75, 3.05) is 6.54 Å². The van der Waals surface area contributed by atoms with E-state index in [4.69, 9.17) is 22.1 Å². The van der Waals surface area contributed by atoms with E-state index in [9.17, 15) is 24.6 Å². The van der Waals surface area contributed by atoms with Gasteiger partial charge in [-0.05, 0) is 141 Å². The molecular formula is C46H65ClN4O6.